The van der Waals surface area contributed by atoms with Crippen LogP contribution in [0.4, 0.5) is 8.78 Å². The van der Waals surface area contributed by atoms with Gasteiger partial charge in [0, 0.05) is 12.2 Å². The quantitative estimate of drug-likeness (QED) is 0.824. The van der Waals surface area contributed by atoms with Crippen molar-refractivity contribution in [2.75, 3.05) is 0 Å². The standard InChI is InChI=1S/C17H14F2N2O3/c1-8(20)2-5-10-13(18)6-11-15(14(10)19)21(9-3-4-9)7-12(16(11)22)17(23)24/h6-9H,3-4,20H2,1H3,(H,23,24). The number of fused-ring (bicyclic) bond motifs is 1. The summed E-state index contributed by atoms with van der Waals surface area (Å²) in [5.41, 5.74) is 3.45. The van der Waals surface area contributed by atoms with E-state index in [1.54, 1.807) is 6.92 Å². The Hall–Kier alpha value is -2.72. The average molecular weight is 332 g/mol. The first-order valence-electron chi connectivity index (χ1n) is 7.38. The van der Waals surface area contributed by atoms with Crippen molar-refractivity contribution in [3.05, 3.63) is 45.2 Å². The second kappa shape index (κ2) is 5.73. The van der Waals surface area contributed by atoms with E-state index in [1.807, 2.05) is 0 Å². The number of rotatable bonds is 2. The van der Waals surface area contributed by atoms with Crippen LogP contribution in [0.2, 0.25) is 0 Å². The maximum Gasteiger partial charge on any atom is 0.341 e. The smallest absolute Gasteiger partial charge is 0.341 e. The number of aromatic carboxylic acids is 1. The van der Waals surface area contributed by atoms with Crippen LogP contribution in [0.3, 0.4) is 0 Å². The largest absolute Gasteiger partial charge is 0.477 e. The first kappa shape index (κ1) is 16.1. The molecule has 1 aromatic carbocycles. The molecule has 1 aliphatic rings. The molecule has 0 amide bonds. The van der Waals surface area contributed by atoms with Crippen molar-refractivity contribution in [2.24, 2.45) is 5.73 Å². The molecule has 3 rings (SSSR count). The van der Waals surface area contributed by atoms with E-state index >= 15 is 0 Å². The number of carboxylic acids is 1. The lowest BCUT2D eigenvalue weighted by Crippen LogP contribution is -2.20. The summed E-state index contributed by atoms with van der Waals surface area (Å²) in [6.45, 7) is 1.57. The van der Waals surface area contributed by atoms with Crippen molar-refractivity contribution in [3.63, 3.8) is 0 Å². The summed E-state index contributed by atoms with van der Waals surface area (Å²) < 4.78 is 30.5. The van der Waals surface area contributed by atoms with E-state index in [0.29, 0.717) is 0 Å². The number of carboxylic acid groups (broad SMARTS) is 1. The van der Waals surface area contributed by atoms with Gasteiger partial charge in [0.1, 0.15) is 11.4 Å². The number of nitrogens with zero attached hydrogens (tertiary/aromatic N) is 1. The summed E-state index contributed by atoms with van der Waals surface area (Å²) in [6, 6.07) is 0.164. The van der Waals surface area contributed by atoms with E-state index in [9.17, 15) is 18.4 Å². The molecule has 3 N–H and O–H groups in total. The molecule has 2 aromatic rings. The van der Waals surface area contributed by atoms with Crippen LogP contribution >= 0.6 is 0 Å². The van der Waals surface area contributed by atoms with Crippen LogP contribution in [0.1, 0.15) is 41.7 Å². The van der Waals surface area contributed by atoms with Crippen LogP contribution in [0.15, 0.2) is 17.1 Å². The van der Waals surface area contributed by atoms with Crippen LogP contribution in [0.25, 0.3) is 10.9 Å². The molecular weight excluding hydrogens is 318 g/mol. The van der Waals surface area contributed by atoms with E-state index in [-0.39, 0.29) is 16.9 Å². The molecule has 124 valence electrons. The highest BCUT2D eigenvalue weighted by Gasteiger charge is 2.29. The minimum absolute atomic E-state index is 0.111. The van der Waals surface area contributed by atoms with Crippen LogP contribution < -0.4 is 11.2 Å². The summed E-state index contributed by atoms with van der Waals surface area (Å²) in [7, 11) is 0. The monoisotopic (exact) mass is 332 g/mol. The third kappa shape index (κ3) is 2.65. The van der Waals surface area contributed by atoms with Gasteiger partial charge in [0.05, 0.1) is 22.5 Å². The molecule has 5 nitrogen and oxygen atoms in total. The lowest BCUT2D eigenvalue weighted by atomic mass is 10.1. The second-order valence-electron chi connectivity index (χ2n) is 5.82. The van der Waals surface area contributed by atoms with E-state index in [1.165, 1.54) is 4.57 Å². The Bertz CT molecular complexity index is 979. The fourth-order valence-corrected chi connectivity index (χ4v) is 2.54. The van der Waals surface area contributed by atoms with Gasteiger partial charge in [0.15, 0.2) is 5.82 Å². The zero-order valence-corrected chi connectivity index (χ0v) is 12.8. The molecule has 0 saturated heterocycles. The molecule has 1 aromatic heterocycles. The van der Waals surface area contributed by atoms with Crippen molar-refractivity contribution in [2.45, 2.75) is 31.8 Å². The van der Waals surface area contributed by atoms with Gasteiger partial charge in [-0.3, -0.25) is 4.79 Å². The Morgan fingerprint density at radius 3 is 2.67 bits per heavy atom. The molecule has 7 heteroatoms. The van der Waals surface area contributed by atoms with Gasteiger partial charge in [-0.15, -0.1) is 0 Å². The Balaban J connectivity index is 2.42. The molecule has 0 bridgehead atoms. The lowest BCUT2D eigenvalue weighted by Gasteiger charge is -2.13. The van der Waals surface area contributed by atoms with Crippen LogP contribution in [-0.4, -0.2) is 21.7 Å². The minimum Gasteiger partial charge on any atom is -0.477 e. The van der Waals surface area contributed by atoms with Gasteiger partial charge in [0.25, 0.3) is 0 Å². The molecule has 1 saturated carbocycles. The lowest BCUT2D eigenvalue weighted by molar-refractivity contribution is 0.0695. The maximum atomic E-state index is 14.9. The zero-order chi connectivity index (χ0) is 17.6. The summed E-state index contributed by atoms with van der Waals surface area (Å²) in [5, 5.41) is 8.85. The highest BCUT2D eigenvalue weighted by atomic mass is 19.1. The van der Waals surface area contributed by atoms with Gasteiger partial charge < -0.3 is 15.4 Å². The van der Waals surface area contributed by atoms with Gasteiger partial charge >= 0.3 is 5.97 Å². The van der Waals surface area contributed by atoms with Crippen molar-refractivity contribution in [1.29, 1.82) is 0 Å². The molecule has 0 radical (unpaired) electrons. The molecule has 1 unspecified atom stereocenters. The van der Waals surface area contributed by atoms with Crippen LogP contribution in [0.5, 0.6) is 0 Å². The average Bonchev–Trinajstić information content (AvgIpc) is 3.32. The SMILES string of the molecule is CC(N)C#Cc1c(F)cc2c(=O)c(C(=O)O)cn(C3CC3)c2c1F. The number of hydrogen-bond acceptors (Lipinski definition) is 3. The van der Waals surface area contributed by atoms with E-state index in [4.69, 9.17) is 10.8 Å². The highest BCUT2D eigenvalue weighted by Crippen LogP contribution is 2.38. The summed E-state index contributed by atoms with van der Waals surface area (Å²) in [6.07, 6.45) is 2.58. The molecule has 1 fully saturated rings. The maximum absolute atomic E-state index is 14.9. The van der Waals surface area contributed by atoms with Crippen molar-refractivity contribution < 1.29 is 18.7 Å². The third-order valence-electron chi connectivity index (χ3n) is 3.80. The molecule has 1 heterocycles. The fraction of sp³-hybridized carbons (Fsp3) is 0.294. The first-order valence-corrected chi connectivity index (χ1v) is 7.38. The Labute approximate surface area is 135 Å². The van der Waals surface area contributed by atoms with E-state index in [0.717, 1.165) is 25.1 Å². The summed E-state index contributed by atoms with van der Waals surface area (Å²) >= 11 is 0. The number of aromatic nitrogens is 1. The van der Waals surface area contributed by atoms with Crippen molar-refractivity contribution in [3.8, 4) is 11.8 Å². The first-order chi connectivity index (χ1) is 11.3. The number of hydrogen-bond donors (Lipinski definition) is 2. The number of nitrogens with two attached hydrogens (primary N) is 1. The third-order valence-corrected chi connectivity index (χ3v) is 3.80. The molecular formula is C17H14F2N2O3. The fourth-order valence-electron chi connectivity index (χ4n) is 2.54. The molecule has 1 aliphatic carbocycles. The number of benzene rings is 1. The minimum atomic E-state index is -1.43. The molecule has 1 atom stereocenters. The van der Waals surface area contributed by atoms with Crippen LogP contribution in [0, 0.1) is 23.5 Å². The second-order valence-corrected chi connectivity index (χ2v) is 5.82. The van der Waals surface area contributed by atoms with Gasteiger partial charge in [-0.1, -0.05) is 11.8 Å². The molecule has 24 heavy (non-hydrogen) atoms. The van der Waals surface area contributed by atoms with E-state index < -0.39 is 40.2 Å². The van der Waals surface area contributed by atoms with Gasteiger partial charge in [-0.05, 0) is 25.8 Å². The topological polar surface area (TPSA) is 85.3 Å². The van der Waals surface area contributed by atoms with Crippen molar-refractivity contribution >= 4 is 16.9 Å². The Morgan fingerprint density at radius 2 is 2.12 bits per heavy atom. The number of carbonyl (C=O) groups is 1. The van der Waals surface area contributed by atoms with Gasteiger partial charge in [-0.25, -0.2) is 13.6 Å². The number of pyridine rings is 1. The molecule has 0 aliphatic heterocycles. The van der Waals surface area contributed by atoms with E-state index in [2.05, 4.69) is 11.8 Å². The summed E-state index contributed by atoms with van der Waals surface area (Å²) in [5.74, 6) is 1.42. The zero-order valence-electron chi connectivity index (χ0n) is 12.8. The Kier molecular flexibility index (Phi) is 3.85. The molecule has 0 spiro atoms. The van der Waals surface area contributed by atoms with Crippen molar-refractivity contribution in [1.82, 2.24) is 4.57 Å². The predicted octanol–water partition coefficient (Wildman–Crippen LogP) is 2.01. The Morgan fingerprint density at radius 1 is 1.46 bits per heavy atom. The normalized spacial score (nSPS) is 15.0. The van der Waals surface area contributed by atoms with Gasteiger partial charge in [-0.2, -0.15) is 0 Å². The predicted molar refractivity (Wildman–Crippen MR) is 83.9 cm³/mol. The summed E-state index contributed by atoms with van der Waals surface area (Å²) in [4.78, 5) is 23.5. The van der Waals surface area contributed by atoms with Gasteiger partial charge in [0.2, 0.25) is 5.43 Å². The highest BCUT2D eigenvalue weighted by molar-refractivity contribution is 5.93. The number of halogens is 2. The van der Waals surface area contributed by atoms with Crippen LogP contribution in [-0.2, 0) is 0 Å².